The van der Waals surface area contributed by atoms with Crippen LogP contribution in [0.2, 0.25) is 5.02 Å². The largest absolute Gasteiger partial charge is 0.277 e. The van der Waals surface area contributed by atoms with Crippen molar-refractivity contribution in [2.75, 3.05) is 0 Å². The van der Waals surface area contributed by atoms with E-state index in [2.05, 4.69) is 4.98 Å². The molecule has 0 bridgehead atoms. The Bertz CT molecular complexity index is 1180. The summed E-state index contributed by atoms with van der Waals surface area (Å²) in [5.41, 5.74) is 3.75. The van der Waals surface area contributed by atoms with Gasteiger partial charge in [-0.3, -0.25) is 10.1 Å². The van der Waals surface area contributed by atoms with Gasteiger partial charge >= 0.3 is 0 Å². The lowest BCUT2D eigenvalue weighted by Crippen LogP contribution is -1.91. The molecular formula is C21H12ClFN2O2S. The minimum Gasteiger partial charge on any atom is -0.258 e. The molecule has 0 saturated carbocycles. The Morgan fingerprint density at radius 1 is 0.964 bits per heavy atom. The second-order valence-electron chi connectivity index (χ2n) is 6.02. The maximum atomic E-state index is 13.3. The molecule has 3 aromatic carbocycles. The summed E-state index contributed by atoms with van der Waals surface area (Å²) in [6.07, 6.45) is 0. The second kappa shape index (κ2) is 7.50. The first-order valence-electron chi connectivity index (χ1n) is 8.28. The quantitative estimate of drug-likeness (QED) is 0.273. The van der Waals surface area contributed by atoms with Gasteiger partial charge in [0.05, 0.1) is 21.2 Å². The van der Waals surface area contributed by atoms with Crippen LogP contribution in [-0.2, 0) is 0 Å². The lowest BCUT2D eigenvalue weighted by molar-refractivity contribution is -0.384. The fourth-order valence-corrected chi connectivity index (χ4v) is 3.88. The molecule has 0 radical (unpaired) electrons. The Morgan fingerprint density at radius 2 is 1.64 bits per heavy atom. The molecular weight excluding hydrogens is 399 g/mol. The number of hydrogen-bond donors (Lipinski definition) is 0. The van der Waals surface area contributed by atoms with Gasteiger partial charge in [-0.2, -0.15) is 0 Å². The Labute approximate surface area is 169 Å². The molecule has 0 unspecified atom stereocenters. The molecule has 4 rings (SSSR count). The lowest BCUT2D eigenvalue weighted by atomic mass is 10.0. The van der Waals surface area contributed by atoms with E-state index in [9.17, 15) is 14.5 Å². The van der Waals surface area contributed by atoms with E-state index in [0.717, 1.165) is 21.7 Å². The molecule has 1 heterocycles. The average molecular weight is 411 g/mol. The standard InChI is InChI=1S/C21H12ClFN2O2S/c22-17-11-15(9-10-18(17)23)19-12-28-21(24-19)14-7-5-13(6-8-14)16-3-1-2-4-20(16)25(26)27/h1-12H. The third kappa shape index (κ3) is 3.52. The maximum absolute atomic E-state index is 13.3. The zero-order valence-electron chi connectivity index (χ0n) is 14.3. The molecule has 4 aromatic rings. The number of halogens is 2. The summed E-state index contributed by atoms with van der Waals surface area (Å²) in [7, 11) is 0. The lowest BCUT2D eigenvalue weighted by Gasteiger charge is -2.04. The predicted molar refractivity (Wildman–Crippen MR) is 110 cm³/mol. The highest BCUT2D eigenvalue weighted by Crippen LogP contribution is 2.34. The van der Waals surface area contributed by atoms with Gasteiger partial charge in [-0.15, -0.1) is 11.3 Å². The van der Waals surface area contributed by atoms with E-state index in [1.807, 2.05) is 29.6 Å². The van der Waals surface area contributed by atoms with E-state index in [1.54, 1.807) is 30.3 Å². The molecule has 7 heteroatoms. The van der Waals surface area contributed by atoms with E-state index < -0.39 is 5.82 Å². The minimum atomic E-state index is -0.466. The van der Waals surface area contributed by atoms with Crippen LogP contribution in [0, 0.1) is 15.9 Å². The van der Waals surface area contributed by atoms with Crippen molar-refractivity contribution in [3.8, 4) is 33.0 Å². The van der Waals surface area contributed by atoms with E-state index >= 15 is 0 Å². The first-order valence-corrected chi connectivity index (χ1v) is 9.54. The zero-order chi connectivity index (χ0) is 19.7. The fourth-order valence-electron chi connectivity index (χ4n) is 2.86. The molecule has 0 amide bonds. The molecule has 1 aromatic heterocycles. The number of nitrogens with zero attached hydrogens (tertiary/aromatic N) is 2. The van der Waals surface area contributed by atoms with Gasteiger partial charge in [0, 0.05) is 22.6 Å². The van der Waals surface area contributed by atoms with Gasteiger partial charge < -0.3 is 0 Å². The summed E-state index contributed by atoms with van der Waals surface area (Å²) in [5, 5.41) is 14.0. The zero-order valence-corrected chi connectivity index (χ0v) is 15.9. The number of nitro groups is 1. The van der Waals surface area contributed by atoms with Crippen molar-refractivity contribution in [1.29, 1.82) is 0 Å². The number of aromatic nitrogens is 1. The Hall–Kier alpha value is -3.09. The number of nitro benzene ring substituents is 1. The van der Waals surface area contributed by atoms with Crippen LogP contribution in [0.4, 0.5) is 10.1 Å². The van der Waals surface area contributed by atoms with Crippen LogP contribution >= 0.6 is 22.9 Å². The molecule has 0 atom stereocenters. The molecule has 138 valence electrons. The third-order valence-corrected chi connectivity index (χ3v) is 5.44. The van der Waals surface area contributed by atoms with Gasteiger partial charge in [0.1, 0.15) is 10.8 Å². The van der Waals surface area contributed by atoms with Crippen LogP contribution in [-0.4, -0.2) is 9.91 Å². The van der Waals surface area contributed by atoms with Crippen molar-refractivity contribution in [3.63, 3.8) is 0 Å². The van der Waals surface area contributed by atoms with Crippen molar-refractivity contribution in [2.45, 2.75) is 0 Å². The van der Waals surface area contributed by atoms with E-state index in [1.165, 1.54) is 23.5 Å². The number of para-hydroxylation sites is 1. The first kappa shape index (κ1) is 18.3. The van der Waals surface area contributed by atoms with Crippen molar-refractivity contribution in [2.24, 2.45) is 0 Å². The highest BCUT2D eigenvalue weighted by Gasteiger charge is 2.14. The molecule has 0 fully saturated rings. The van der Waals surface area contributed by atoms with Gasteiger partial charge in [0.15, 0.2) is 0 Å². The van der Waals surface area contributed by atoms with Crippen LogP contribution in [0.25, 0.3) is 33.0 Å². The second-order valence-corrected chi connectivity index (χ2v) is 7.28. The summed E-state index contributed by atoms with van der Waals surface area (Å²) < 4.78 is 13.3. The van der Waals surface area contributed by atoms with E-state index in [4.69, 9.17) is 11.6 Å². The van der Waals surface area contributed by atoms with Crippen molar-refractivity contribution in [3.05, 3.63) is 93.1 Å². The number of thiazole rings is 1. The van der Waals surface area contributed by atoms with Gasteiger partial charge in [0.2, 0.25) is 0 Å². The highest BCUT2D eigenvalue weighted by molar-refractivity contribution is 7.13. The van der Waals surface area contributed by atoms with Crippen LogP contribution in [0.3, 0.4) is 0 Å². The summed E-state index contributed by atoms with van der Waals surface area (Å²) in [4.78, 5) is 15.4. The average Bonchev–Trinajstić information content (AvgIpc) is 3.20. The van der Waals surface area contributed by atoms with Crippen LogP contribution < -0.4 is 0 Å². The highest BCUT2D eigenvalue weighted by atomic mass is 35.5. The fraction of sp³-hybridized carbons (Fsp3) is 0. The monoisotopic (exact) mass is 410 g/mol. The Morgan fingerprint density at radius 3 is 2.36 bits per heavy atom. The summed E-state index contributed by atoms with van der Waals surface area (Å²) in [6, 6.07) is 18.6. The topological polar surface area (TPSA) is 56.0 Å². The normalized spacial score (nSPS) is 10.8. The molecule has 0 N–H and O–H groups in total. The van der Waals surface area contributed by atoms with Crippen LogP contribution in [0.15, 0.2) is 72.1 Å². The summed E-state index contributed by atoms with van der Waals surface area (Å²) in [5.74, 6) is -0.466. The Kier molecular flexibility index (Phi) is 4.90. The van der Waals surface area contributed by atoms with Gasteiger partial charge in [-0.25, -0.2) is 9.37 Å². The van der Waals surface area contributed by atoms with Crippen LogP contribution in [0.1, 0.15) is 0 Å². The van der Waals surface area contributed by atoms with E-state index in [-0.39, 0.29) is 15.6 Å². The number of hydrogen-bond acceptors (Lipinski definition) is 4. The minimum absolute atomic E-state index is 0.0564. The molecule has 4 nitrogen and oxygen atoms in total. The Balaban J connectivity index is 1.64. The summed E-state index contributed by atoms with van der Waals surface area (Å²) in [6.45, 7) is 0. The molecule has 0 aliphatic heterocycles. The number of benzene rings is 3. The van der Waals surface area contributed by atoms with Gasteiger partial charge in [-0.1, -0.05) is 48.0 Å². The smallest absolute Gasteiger partial charge is 0.258 e. The van der Waals surface area contributed by atoms with E-state index in [0.29, 0.717) is 11.3 Å². The molecule has 28 heavy (non-hydrogen) atoms. The molecule has 0 spiro atoms. The number of rotatable bonds is 4. The van der Waals surface area contributed by atoms with Gasteiger partial charge in [-0.05, 0) is 29.8 Å². The molecule has 0 aliphatic carbocycles. The summed E-state index contributed by atoms with van der Waals surface area (Å²) >= 11 is 7.31. The predicted octanol–water partition coefficient (Wildman–Crippen LogP) is 6.84. The van der Waals surface area contributed by atoms with Crippen LogP contribution in [0.5, 0.6) is 0 Å². The first-order chi connectivity index (χ1) is 13.5. The third-order valence-electron chi connectivity index (χ3n) is 4.26. The maximum Gasteiger partial charge on any atom is 0.277 e. The van der Waals surface area contributed by atoms with Gasteiger partial charge in [0.25, 0.3) is 5.69 Å². The van der Waals surface area contributed by atoms with Crippen molar-refractivity contribution in [1.82, 2.24) is 4.98 Å². The molecule has 0 saturated heterocycles. The van der Waals surface area contributed by atoms with Crippen molar-refractivity contribution >= 4 is 28.6 Å². The van der Waals surface area contributed by atoms with Crippen molar-refractivity contribution < 1.29 is 9.31 Å². The molecule has 0 aliphatic rings. The SMILES string of the molecule is O=[N+]([O-])c1ccccc1-c1ccc(-c2nc(-c3ccc(F)c(Cl)c3)cs2)cc1.